The average molecular weight is 294 g/mol. The Kier molecular flexibility index (Phi) is 4.74. The first-order valence-electron chi connectivity index (χ1n) is 6.74. The van der Waals surface area contributed by atoms with Crippen LogP contribution >= 0.6 is 0 Å². The van der Waals surface area contributed by atoms with Gasteiger partial charge < -0.3 is 14.4 Å². The second kappa shape index (κ2) is 6.53. The highest BCUT2D eigenvalue weighted by atomic mass is 16.6. The summed E-state index contributed by atoms with van der Waals surface area (Å²) in [7, 11) is 0. The molecule has 114 valence electrons. The highest BCUT2D eigenvalue weighted by molar-refractivity contribution is 5.78. The van der Waals surface area contributed by atoms with Gasteiger partial charge >= 0.3 is 5.69 Å². The molecule has 1 amide bonds. The minimum atomic E-state index is -0.510. The van der Waals surface area contributed by atoms with E-state index in [1.807, 2.05) is 6.92 Å². The van der Waals surface area contributed by atoms with Crippen molar-refractivity contribution in [3.8, 4) is 5.75 Å². The van der Waals surface area contributed by atoms with Gasteiger partial charge in [-0.15, -0.1) is 0 Å². The van der Waals surface area contributed by atoms with Gasteiger partial charge in [-0.1, -0.05) is 6.07 Å². The molecule has 7 nitrogen and oxygen atoms in total. The van der Waals surface area contributed by atoms with Crippen LogP contribution in [0.1, 0.15) is 12.5 Å². The van der Waals surface area contributed by atoms with Crippen molar-refractivity contribution in [2.45, 2.75) is 20.0 Å². The van der Waals surface area contributed by atoms with Gasteiger partial charge in [-0.2, -0.15) is 0 Å². The number of carbonyl (C=O) groups is 1. The van der Waals surface area contributed by atoms with Crippen LogP contribution in [-0.2, 0) is 9.53 Å². The molecule has 7 heteroatoms. The predicted octanol–water partition coefficient (Wildman–Crippen LogP) is 1.53. The summed E-state index contributed by atoms with van der Waals surface area (Å²) >= 11 is 0. The number of nitrogens with zero attached hydrogens (tertiary/aromatic N) is 2. The number of aryl methyl sites for hydroxylation is 1. The maximum atomic E-state index is 12.0. The van der Waals surface area contributed by atoms with E-state index in [-0.39, 0.29) is 30.1 Å². The summed E-state index contributed by atoms with van der Waals surface area (Å²) in [6, 6.07) is 4.66. The molecule has 0 bridgehead atoms. The Hall–Kier alpha value is -2.15. The number of hydrogen-bond donors (Lipinski definition) is 0. The Bertz CT molecular complexity index is 546. The Balaban J connectivity index is 1.99. The number of amides is 1. The quantitative estimate of drug-likeness (QED) is 0.621. The van der Waals surface area contributed by atoms with E-state index in [2.05, 4.69) is 0 Å². The Morgan fingerprint density at radius 2 is 2.33 bits per heavy atom. The van der Waals surface area contributed by atoms with E-state index >= 15 is 0 Å². The summed E-state index contributed by atoms with van der Waals surface area (Å²) in [4.78, 5) is 24.2. The van der Waals surface area contributed by atoms with Crippen LogP contribution < -0.4 is 4.74 Å². The van der Waals surface area contributed by atoms with Crippen LogP contribution in [-0.4, -0.2) is 48.1 Å². The molecule has 1 aromatic carbocycles. The summed E-state index contributed by atoms with van der Waals surface area (Å²) in [5.41, 5.74) is 0.639. The molecule has 1 aromatic rings. The fourth-order valence-electron chi connectivity index (χ4n) is 2.17. The molecule has 1 heterocycles. The van der Waals surface area contributed by atoms with Gasteiger partial charge in [-0.25, -0.2) is 0 Å². The summed E-state index contributed by atoms with van der Waals surface area (Å²) in [5.74, 6) is -0.0831. The molecular formula is C14H18N2O5. The highest BCUT2D eigenvalue weighted by Crippen LogP contribution is 2.27. The molecule has 1 atom stereocenters. The zero-order valence-electron chi connectivity index (χ0n) is 12.1. The van der Waals surface area contributed by atoms with E-state index in [0.717, 1.165) is 5.56 Å². The van der Waals surface area contributed by atoms with Gasteiger partial charge in [0.15, 0.2) is 12.4 Å². The van der Waals surface area contributed by atoms with E-state index in [1.165, 1.54) is 12.1 Å². The van der Waals surface area contributed by atoms with Crippen LogP contribution in [0.4, 0.5) is 5.69 Å². The van der Waals surface area contributed by atoms with E-state index in [0.29, 0.717) is 19.7 Å². The molecule has 0 radical (unpaired) electrons. The number of benzene rings is 1. The highest BCUT2D eigenvalue weighted by Gasteiger charge is 2.23. The molecule has 0 saturated carbocycles. The topological polar surface area (TPSA) is 81.9 Å². The predicted molar refractivity (Wildman–Crippen MR) is 75.3 cm³/mol. The standard InChI is InChI=1S/C14H18N2O5/c1-10-3-4-13(12(7-10)16(18)19)21-9-14(17)15-5-6-20-11(2)8-15/h3-4,7,11H,5-6,8-9H2,1-2H3. The molecule has 0 N–H and O–H groups in total. The molecular weight excluding hydrogens is 276 g/mol. The first-order valence-corrected chi connectivity index (χ1v) is 6.74. The van der Waals surface area contributed by atoms with Crippen molar-refractivity contribution in [1.29, 1.82) is 0 Å². The van der Waals surface area contributed by atoms with Crippen LogP contribution in [0.3, 0.4) is 0 Å². The fourth-order valence-corrected chi connectivity index (χ4v) is 2.17. The number of rotatable bonds is 4. The molecule has 0 aliphatic carbocycles. The monoisotopic (exact) mass is 294 g/mol. The van der Waals surface area contributed by atoms with Gasteiger partial charge in [0, 0.05) is 19.2 Å². The van der Waals surface area contributed by atoms with Gasteiger partial charge in [-0.05, 0) is 25.5 Å². The summed E-state index contributed by atoms with van der Waals surface area (Å²) in [6.45, 7) is 4.97. The van der Waals surface area contributed by atoms with Crippen LogP contribution in [0, 0.1) is 17.0 Å². The van der Waals surface area contributed by atoms with E-state index in [4.69, 9.17) is 9.47 Å². The summed E-state index contributed by atoms with van der Waals surface area (Å²) < 4.78 is 10.7. The first-order chi connectivity index (χ1) is 9.97. The van der Waals surface area contributed by atoms with Crippen molar-refractivity contribution < 1.29 is 19.2 Å². The summed E-state index contributed by atoms with van der Waals surface area (Å²) in [5, 5.41) is 11.0. The van der Waals surface area contributed by atoms with Crippen molar-refractivity contribution in [2.24, 2.45) is 0 Å². The van der Waals surface area contributed by atoms with Gasteiger partial charge in [-0.3, -0.25) is 14.9 Å². The molecule has 0 spiro atoms. The lowest BCUT2D eigenvalue weighted by molar-refractivity contribution is -0.385. The van der Waals surface area contributed by atoms with Gasteiger partial charge in [0.25, 0.3) is 5.91 Å². The Labute approximate surface area is 122 Å². The molecule has 0 aromatic heterocycles. The molecule has 2 rings (SSSR count). The second-order valence-corrected chi connectivity index (χ2v) is 5.04. The Morgan fingerprint density at radius 1 is 1.57 bits per heavy atom. The van der Waals surface area contributed by atoms with E-state index in [1.54, 1.807) is 17.9 Å². The van der Waals surface area contributed by atoms with E-state index < -0.39 is 4.92 Å². The third-order valence-corrected chi connectivity index (χ3v) is 3.26. The molecule has 1 aliphatic rings. The zero-order valence-corrected chi connectivity index (χ0v) is 12.1. The molecule has 1 saturated heterocycles. The maximum Gasteiger partial charge on any atom is 0.311 e. The normalized spacial score (nSPS) is 18.4. The molecule has 21 heavy (non-hydrogen) atoms. The minimum Gasteiger partial charge on any atom is -0.477 e. The lowest BCUT2D eigenvalue weighted by Crippen LogP contribution is -2.46. The van der Waals surface area contributed by atoms with Crippen LogP contribution in [0.15, 0.2) is 18.2 Å². The summed E-state index contributed by atoms with van der Waals surface area (Å²) in [6.07, 6.45) is -0.00332. The number of ether oxygens (including phenoxy) is 2. The third kappa shape index (κ3) is 3.91. The van der Waals surface area contributed by atoms with Crippen molar-refractivity contribution in [2.75, 3.05) is 26.3 Å². The first kappa shape index (κ1) is 15.2. The lowest BCUT2D eigenvalue weighted by atomic mass is 10.2. The lowest BCUT2D eigenvalue weighted by Gasteiger charge is -2.31. The van der Waals surface area contributed by atoms with Crippen molar-refractivity contribution >= 4 is 11.6 Å². The van der Waals surface area contributed by atoms with Gasteiger partial charge in [0.2, 0.25) is 0 Å². The number of hydrogen-bond acceptors (Lipinski definition) is 5. The smallest absolute Gasteiger partial charge is 0.311 e. The van der Waals surface area contributed by atoms with Crippen molar-refractivity contribution in [3.63, 3.8) is 0 Å². The third-order valence-electron chi connectivity index (χ3n) is 3.26. The molecule has 1 fully saturated rings. The Morgan fingerprint density at radius 3 is 3.00 bits per heavy atom. The van der Waals surface area contributed by atoms with Gasteiger partial charge in [0.05, 0.1) is 17.6 Å². The number of nitro groups is 1. The molecule has 1 aliphatic heterocycles. The maximum absolute atomic E-state index is 12.0. The number of morpholine rings is 1. The SMILES string of the molecule is Cc1ccc(OCC(=O)N2CCOC(C)C2)c([N+](=O)[O-])c1. The number of carbonyl (C=O) groups excluding carboxylic acids is 1. The average Bonchev–Trinajstić information content (AvgIpc) is 2.45. The van der Waals surface area contributed by atoms with E-state index in [9.17, 15) is 14.9 Å². The number of nitro benzene ring substituents is 1. The minimum absolute atomic E-state index is 0.00332. The second-order valence-electron chi connectivity index (χ2n) is 5.04. The van der Waals surface area contributed by atoms with Crippen molar-refractivity contribution in [3.05, 3.63) is 33.9 Å². The van der Waals surface area contributed by atoms with Crippen LogP contribution in [0.2, 0.25) is 0 Å². The van der Waals surface area contributed by atoms with Crippen molar-refractivity contribution in [1.82, 2.24) is 4.90 Å². The van der Waals surface area contributed by atoms with Crippen LogP contribution in [0.5, 0.6) is 5.75 Å². The zero-order chi connectivity index (χ0) is 15.4. The largest absolute Gasteiger partial charge is 0.477 e. The van der Waals surface area contributed by atoms with Gasteiger partial charge in [0.1, 0.15) is 0 Å². The van der Waals surface area contributed by atoms with Crippen LogP contribution in [0.25, 0.3) is 0 Å². The molecule has 1 unspecified atom stereocenters. The fraction of sp³-hybridized carbons (Fsp3) is 0.500.